The normalized spacial score (nSPS) is 42.3. The van der Waals surface area contributed by atoms with Crippen LogP contribution in [0.4, 0.5) is 8.78 Å². The van der Waals surface area contributed by atoms with Crippen molar-refractivity contribution >= 4 is 5.91 Å². The third-order valence-electron chi connectivity index (χ3n) is 4.72. The first-order chi connectivity index (χ1) is 8.46. The van der Waals surface area contributed by atoms with E-state index in [1.165, 1.54) is 0 Å². The number of hydrogen-bond acceptors (Lipinski definition) is 2. The number of carbonyl (C=O) groups is 1. The number of fused-ring (bicyclic) bond motifs is 2. The van der Waals surface area contributed by atoms with Crippen LogP contribution in [0.15, 0.2) is 0 Å². The van der Waals surface area contributed by atoms with Gasteiger partial charge in [0.1, 0.15) is 0 Å². The fraction of sp³-hybridized carbons (Fsp3) is 0.923. The Labute approximate surface area is 105 Å². The van der Waals surface area contributed by atoms with E-state index in [2.05, 4.69) is 0 Å². The fourth-order valence-electron chi connectivity index (χ4n) is 3.88. The minimum Gasteiger partial charge on any atom is -0.393 e. The summed E-state index contributed by atoms with van der Waals surface area (Å²) in [5.41, 5.74) is 0. The van der Waals surface area contributed by atoms with Crippen LogP contribution in [0.3, 0.4) is 0 Å². The highest BCUT2D eigenvalue weighted by Gasteiger charge is 2.49. The van der Waals surface area contributed by atoms with Crippen LogP contribution in [0.5, 0.6) is 0 Å². The molecule has 0 aromatic carbocycles. The van der Waals surface area contributed by atoms with E-state index in [1.54, 1.807) is 0 Å². The topological polar surface area (TPSA) is 40.5 Å². The number of aliphatic hydroxyl groups is 1. The number of nitrogens with zero attached hydrogens (tertiary/aromatic N) is 1. The molecule has 3 atom stereocenters. The van der Waals surface area contributed by atoms with Gasteiger partial charge in [-0.1, -0.05) is 0 Å². The molecule has 0 spiro atoms. The minimum atomic E-state index is -2.66. The Morgan fingerprint density at radius 1 is 1.17 bits per heavy atom. The molecule has 3 unspecified atom stereocenters. The lowest BCUT2D eigenvalue weighted by atomic mass is 9.96. The summed E-state index contributed by atoms with van der Waals surface area (Å²) in [5, 5.41) is 9.68. The zero-order valence-electron chi connectivity index (χ0n) is 10.3. The highest BCUT2D eigenvalue weighted by atomic mass is 19.3. The quantitative estimate of drug-likeness (QED) is 0.781. The van der Waals surface area contributed by atoms with Gasteiger partial charge < -0.3 is 10.0 Å². The largest absolute Gasteiger partial charge is 0.393 e. The van der Waals surface area contributed by atoms with Gasteiger partial charge in [-0.05, 0) is 32.1 Å². The van der Waals surface area contributed by atoms with E-state index < -0.39 is 11.8 Å². The number of alkyl halides is 2. The SMILES string of the molecule is O=C(C1CCC(F)(F)C1)N1C2CCC1CC(O)C2. The molecule has 1 aliphatic carbocycles. The molecule has 0 aromatic heterocycles. The number of hydrogen-bond donors (Lipinski definition) is 1. The summed E-state index contributed by atoms with van der Waals surface area (Å²) in [6.07, 6.45) is 2.60. The van der Waals surface area contributed by atoms with E-state index >= 15 is 0 Å². The smallest absolute Gasteiger partial charge is 0.248 e. The van der Waals surface area contributed by atoms with Gasteiger partial charge in [0.2, 0.25) is 11.8 Å². The fourth-order valence-corrected chi connectivity index (χ4v) is 3.88. The Hall–Kier alpha value is -0.710. The molecular weight excluding hydrogens is 240 g/mol. The van der Waals surface area contributed by atoms with Gasteiger partial charge in [-0.3, -0.25) is 4.79 Å². The van der Waals surface area contributed by atoms with Crippen molar-refractivity contribution in [2.24, 2.45) is 5.92 Å². The van der Waals surface area contributed by atoms with Crippen molar-refractivity contribution in [1.82, 2.24) is 4.90 Å². The molecule has 2 saturated heterocycles. The maximum absolute atomic E-state index is 13.2. The minimum absolute atomic E-state index is 0.0838. The van der Waals surface area contributed by atoms with Crippen molar-refractivity contribution in [3.05, 3.63) is 0 Å². The first-order valence-corrected chi connectivity index (χ1v) is 6.84. The summed E-state index contributed by atoms with van der Waals surface area (Å²) >= 11 is 0. The first-order valence-electron chi connectivity index (χ1n) is 6.84. The maximum atomic E-state index is 13.2. The van der Waals surface area contributed by atoms with Crippen molar-refractivity contribution in [3.8, 4) is 0 Å². The van der Waals surface area contributed by atoms with E-state index in [0.717, 1.165) is 12.8 Å². The second-order valence-corrected chi connectivity index (χ2v) is 6.05. The number of aliphatic hydroxyl groups excluding tert-OH is 1. The molecule has 2 aliphatic heterocycles. The van der Waals surface area contributed by atoms with E-state index in [1.807, 2.05) is 4.90 Å². The molecule has 1 N–H and O–H groups in total. The molecular formula is C13H19F2NO2. The molecule has 1 amide bonds. The lowest BCUT2D eigenvalue weighted by Crippen LogP contribution is -2.50. The summed E-state index contributed by atoms with van der Waals surface area (Å²) in [6, 6.07) is 0.168. The second kappa shape index (κ2) is 4.15. The van der Waals surface area contributed by atoms with Crippen molar-refractivity contribution in [2.45, 2.75) is 69.1 Å². The van der Waals surface area contributed by atoms with Crippen LogP contribution in [-0.4, -0.2) is 40.0 Å². The molecule has 1 saturated carbocycles. The Kier molecular flexibility index (Phi) is 2.84. The Balaban J connectivity index is 1.71. The molecule has 2 heterocycles. The first kappa shape index (κ1) is 12.3. The molecule has 0 radical (unpaired) electrons. The Morgan fingerprint density at radius 3 is 2.28 bits per heavy atom. The maximum Gasteiger partial charge on any atom is 0.248 e. The third kappa shape index (κ3) is 2.02. The van der Waals surface area contributed by atoms with E-state index in [9.17, 15) is 18.7 Å². The van der Waals surface area contributed by atoms with E-state index in [4.69, 9.17) is 0 Å². The molecule has 3 aliphatic rings. The van der Waals surface area contributed by atoms with Gasteiger partial charge in [0.25, 0.3) is 0 Å². The number of halogens is 2. The number of rotatable bonds is 1. The summed E-state index contributed by atoms with van der Waals surface area (Å²) in [7, 11) is 0. The molecule has 3 nitrogen and oxygen atoms in total. The van der Waals surface area contributed by atoms with E-state index in [0.29, 0.717) is 19.3 Å². The van der Waals surface area contributed by atoms with Gasteiger partial charge >= 0.3 is 0 Å². The third-order valence-corrected chi connectivity index (χ3v) is 4.72. The number of piperidine rings is 1. The van der Waals surface area contributed by atoms with Gasteiger partial charge in [-0.2, -0.15) is 0 Å². The van der Waals surface area contributed by atoms with Crippen LogP contribution in [0.2, 0.25) is 0 Å². The van der Waals surface area contributed by atoms with Gasteiger partial charge in [-0.25, -0.2) is 8.78 Å². The van der Waals surface area contributed by atoms with Crippen molar-refractivity contribution < 1.29 is 18.7 Å². The highest BCUT2D eigenvalue weighted by Crippen LogP contribution is 2.43. The van der Waals surface area contributed by atoms with Gasteiger partial charge in [0, 0.05) is 30.8 Å². The van der Waals surface area contributed by atoms with Crippen LogP contribution in [-0.2, 0) is 4.79 Å². The molecule has 3 rings (SSSR count). The van der Waals surface area contributed by atoms with Crippen molar-refractivity contribution in [3.63, 3.8) is 0 Å². The number of carbonyl (C=O) groups excluding carboxylic acids is 1. The van der Waals surface area contributed by atoms with Gasteiger partial charge in [0.15, 0.2) is 0 Å². The molecule has 3 fully saturated rings. The van der Waals surface area contributed by atoms with Crippen LogP contribution < -0.4 is 0 Å². The summed E-state index contributed by atoms with van der Waals surface area (Å²) in [6.45, 7) is 0. The molecule has 0 aromatic rings. The predicted octanol–water partition coefficient (Wildman–Crippen LogP) is 1.94. The monoisotopic (exact) mass is 259 g/mol. The Morgan fingerprint density at radius 2 is 1.78 bits per heavy atom. The second-order valence-electron chi connectivity index (χ2n) is 6.05. The highest BCUT2D eigenvalue weighted by molar-refractivity contribution is 5.80. The summed E-state index contributed by atoms with van der Waals surface area (Å²) < 4.78 is 26.4. The average molecular weight is 259 g/mol. The lowest BCUT2D eigenvalue weighted by molar-refractivity contribution is -0.142. The van der Waals surface area contributed by atoms with E-state index in [-0.39, 0.29) is 36.9 Å². The molecule has 18 heavy (non-hydrogen) atoms. The van der Waals surface area contributed by atoms with Gasteiger partial charge in [0.05, 0.1) is 6.10 Å². The molecule has 5 heteroatoms. The van der Waals surface area contributed by atoms with Crippen LogP contribution in [0.25, 0.3) is 0 Å². The van der Waals surface area contributed by atoms with Crippen LogP contribution in [0.1, 0.15) is 44.9 Å². The number of amides is 1. The summed E-state index contributed by atoms with van der Waals surface area (Å²) in [5.74, 6) is -3.25. The van der Waals surface area contributed by atoms with Crippen molar-refractivity contribution in [2.75, 3.05) is 0 Å². The average Bonchev–Trinajstić information content (AvgIpc) is 2.77. The van der Waals surface area contributed by atoms with Crippen LogP contribution >= 0.6 is 0 Å². The predicted molar refractivity (Wildman–Crippen MR) is 61.2 cm³/mol. The summed E-state index contributed by atoms with van der Waals surface area (Å²) in [4.78, 5) is 14.2. The lowest BCUT2D eigenvalue weighted by Gasteiger charge is -2.38. The standard InChI is InChI=1S/C13H19F2NO2/c14-13(15)4-3-8(7-13)12(18)16-9-1-2-10(16)6-11(17)5-9/h8-11,17H,1-7H2. The Bertz CT molecular complexity index is 347. The van der Waals surface area contributed by atoms with Crippen molar-refractivity contribution in [1.29, 1.82) is 0 Å². The van der Waals surface area contributed by atoms with Crippen LogP contribution in [0, 0.1) is 5.92 Å². The zero-order chi connectivity index (χ0) is 12.9. The molecule has 102 valence electrons. The zero-order valence-corrected chi connectivity index (χ0v) is 10.3. The van der Waals surface area contributed by atoms with Gasteiger partial charge in [-0.15, -0.1) is 0 Å². The molecule has 2 bridgehead atoms.